The second kappa shape index (κ2) is 5.34. The number of halogens is 3. The van der Waals surface area contributed by atoms with Gasteiger partial charge in [-0.05, 0) is 37.4 Å². The smallest absolute Gasteiger partial charge is 0.353 e. The fourth-order valence-corrected chi connectivity index (χ4v) is 2.60. The Labute approximate surface area is 105 Å². The number of rotatable bonds is 3. The zero-order valence-electron chi connectivity index (χ0n) is 10.6. The Morgan fingerprint density at radius 3 is 2.78 bits per heavy atom. The van der Waals surface area contributed by atoms with Crippen LogP contribution in [-0.2, 0) is 13.0 Å². The zero-order valence-corrected chi connectivity index (χ0v) is 10.6. The molecule has 2 rings (SSSR count). The molecule has 0 saturated heterocycles. The lowest BCUT2D eigenvalue weighted by atomic mass is 10.1. The van der Waals surface area contributed by atoms with Gasteiger partial charge in [0.2, 0.25) is 0 Å². The van der Waals surface area contributed by atoms with Gasteiger partial charge in [-0.2, -0.15) is 13.2 Å². The molecule has 1 aromatic heterocycles. The summed E-state index contributed by atoms with van der Waals surface area (Å²) in [7, 11) is 1.91. The Bertz CT molecular complexity index is 395. The molecule has 1 aliphatic rings. The number of nitrogens with zero attached hydrogens (tertiary/aromatic N) is 1. The lowest BCUT2D eigenvalue weighted by Crippen LogP contribution is -2.16. The van der Waals surface area contributed by atoms with Gasteiger partial charge in [0, 0.05) is 25.0 Å². The standard InChI is InChI=1S/C13H19F3N2/c1-17-12-5-3-2-4-10-8-18(9-11(10)12)7-6-13(14,15)16/h8-9,12,17H,2-7H2,1H3. The van der Waals surface area contributed by atoms with Gasteiger partial charge in [-0.1, -0.05) is 6.42 Å². The van der Waals surface area contributed by atoms with Crippen LogP contribution in [0.4, 0.5) is 13.2 Å². The van der Waals surface area contributed by atoms with Crippen molar-refractivity contribution in [1.29, 1.82) is 0 Å². The third-order valence-corrected chi connectivity index (χ3v) is 3.56. The van der Waals surface area contributed by atoms with E-state index in [-0.39, 0.29) is 12.6 Å². The second-order valence-corrected chi connectivity index (χ2v) is 4.93. The second-order valence-electron chi connectivity index (χ2n) is 4.93. The van der Waals surface area contributed by atoms with Crippen molar-refractivity contribution >= 4 is 0 Å². The summed E-state index contributed by atoms with van der Waals surface area (Å²) >= 11 is 0. The number of aromatic nitrogens is 1. The first-order valence-electron chi connectivity index (χ1n) is 6.42. The molecule has 1 unspecified atom stereocenters. The lowest BCUT2D eigenvalue weighted by molar-refractivity contribution is -0.136. The van der Waals surface area contributed by atoms with Crippen LogP contribution >= 0.6 is 0 Å². The summed E-state index contributed by atoms with van der Waals surface area (Å²) in [5.41, 5.74) is 2.38. The van der Waals surface area contributed by atoms with Crippen LogP contribution in [0.5, 0.6) is 0 Å². The Hall–Kier alpha value is -0.970. The number of aryl methyl sites for hydroxylation is 2. The number of fused-ring (bicyclic) bond motifs is 1. The van der Waals surface area contributed by atoms with Crippen molar-refractivity contribution in [1.82, 2.24) is 9.88 Å². The van der Waals surface area contributed by atoms with Gasteiger partial charge in [0.25, 0.3) is 0 Å². The summed E-state index contributed by atoms with van der Waals surface area (Å²) in [6.07, 6.45) is 3.26. The Balaban J connectivity index is 2.11. The average molecular weight is 260 g/mol. The predicted molar refractivity (Wildman–Crippen MR) is 64.5 cm³/mol. The highest BCUT2D eigenvalue weighted by atomic mass is 19.4. The van der Waals surface area contributed by atoms with E-state index in [0.717, 1.165) is 19.3 Å². The normalized spacial score (nSPS) is 20.6. The molecule has 2 nitrogen and oxygen atoms in total. The van der Waals surface area contributed by atoms with Gasteiger partial charge in [-0.3, -0.25) is 0 Å². The van der Waals surface area contributed by atoms with Crippen LogP contribution in [0, 0.1) is 0 Å². The quantitative estimate of drug-likeness (QED) is 0.824. The molecule has 1 N–H and O–H groups in total. The molecule has 1 aliphatic carbocycles. The minimum atomic E-state index is -4.08. The van der Waals surface area contributed by atoms with Crippen molar-refractivity contribution in [2.45, 2.75) is 50.9 Å². The number of alkyl halides is 3. The molecular formula is C13H19F3N2. The van der Waals surface area contributed by atoms with Crippen LogP contribution in [0.1, 0.15) is 42.9 Å². The molecular weight excluding hydrogens is 241 g/mol. The number of hydrogen-bond acceptors (Lipinski definition) is 1. The highest BCUT2D eigenvalue weighted by molar-refractivity contribution is 5.29. The van der Waals surface area contributed by atoms with Crippen molar-refractivity contribution in [3.63, 3.8) is 0 Å². The Kier molecular flexibility index (Phi) is 4.00. The molecule has 0 spiro atoms. The van der Waals surface area contributed by atoms with E-state index in [2.05, 4.69) is 5.32 Å². The largest absolute Gasteiger partial charge is 0.390 e. The molecule has 18 heavy (non-hydrogen) atoms. The molecule has 1 aromatic rings. The van der Waals surface area contributed by atoms with Gasteiger partial charge < -0.3 is 9.88 Å². The van der Waals surface area contributed by atoms with E-state index in [4.69, 9.17) is 0 Å². The summed E-state index contributed by atoms with van der Waals surface area (Å²) in [4.78, 5) is 0. The molecule has 0 radical (unpaired) electrons. The maximum absolute atomic E-state index is 12.2. The Morgan fingerprint density at radius 1 is 1.33 bits per heavy atom. The fraction of sp³-hybridized carbons (Fsp3) is 0.692. The molecule has 0 aliphatic heterocycles. The summed E-state index contributed by atoms with van der Waals surface area (Å²) in [5.74, 6) is 0. The summed E-state index contributed by atoms with van der Waals surface area (Å²) < 4.78 is 38.3. The van der Waals surface area contributed by atoms with Crippen LogP contribution < -0.4 is 5.32 Å². The average Bonchev–Trinajstić information content (AvgIpc) is 2.60. The molecule has 0 amide bonds. The fourth-order valence-electron chi connectivity index (χ4n) is 2.60. The highest BCUT2D eigenvalue weighted by Gasteiger charge is 2.27. The minimum absolute atomic E-state index is 0.0208. The van der Waals surface area contributed by atoms with Gasteiger partial charge >= 0.3 is 6.18 Å². The third kappa shape index (κ3) is 3.28. The van der Waals surface area contributed by atoms with Crippen molar-refractivity contribution in [3.05, 3.63) is 23.5 Å². The lowest BCUT2D eigenvalue weighted by Gasteiger charge is -2.13. The molecule has 1 atom stereocenters. The molecule has 5 heteroatoms. The van der Waals surface area contributed by atoms with Gasteiger partial charge in [0.15, 0.2) is 0 Å². The maximum Gasteiger partial charge on any atom is 0.390 e. The van der Waals surface area contributed by atoms with E-state index < -0.39 is 12.6 Å². The van der Waals surface area contributed by atoms with E-state index in [9.17, 15) is 13.2 Å². The molecule has 0 bridgehead atoms. The highest BCUT2D eigenvalue weighted by Crippen LogP contribution is 2.30. The first-order valence-corrected chi connectivity index (χ1v) is 6.42. The molecule has 0 saturated carbocycles. The third-order valence-electron chi connectivity index (χ3n) is 3.56. The predicted octanol–water partition coefficient (Wildman–Crippen LogP) is 3.43. The molecule has 1 heterocycles. The zero-order chi connectivity index (χ0) is 13.2. The first kappa shape index (κ1) is 13.5. The number of nitrogens with one attached hydrogen (secondary N) is 1. The van der Waals surface area contributed by atoms with Crippen molar-refractivity contribution in [3.8, 4) is 0 Å². The van der Waals surface area contributed by atoms with Crippen molar-refractivity contribution in [2.75, 3.05) is 7.05 Å². The van der Waals surface area contributed by atoms with E-state index in [1.54, 1.807) is 4.57 Å². The minimum Gasteiger partial charge on any atom is -0.353 e. The monoisotopic (exact) mass is 260 g/mol. The van der Waals surface area contributed by atoms with Crippen molar-refractivity contribution < 1.29 is 13.2 Å². The summed E-state index contributed by atoms with van der Waals surface area (Å²) in [6, 6.07) is 0.287. The molecule has 102 valence electrons. The molecule has 0 fully saturated rings. The van der Waals surface area contributed by atoms with Crippen LogP contribution in [0.25, 0.3) is 0 Å². The Morgan fingerprint density at radius 2 is 2.11 bits per heavy atom. The topological polar surface area (TPSA) is 17.0 Å². The van der Waals surface area contributed by atoms with Crippen LogP contribution in [0.15, 0.2) is 12.4 Å². The number of hydrogen-bond donors (Lipinski definition) is 1. The van der Waals surface area contributed by atoms with Crippen LogP contribution in [-0.4, -0.2) is 17.8 Å². The first-order chi connectivity index (χ1) is 8.49. The van der Waals surface area contributed by atoms with Crippen LogP contribution in [0.3, 0.4) is 0 Å². The maximum atomic E-state index is 12.2. The van der Waals surface area contributed by atoms with Gasteiger partial charge in [-0.15, -0.1) is 0 Å². The van der Waals surface area contributed by atoms with E-state index in [1.165, 1.54) is 17.5 Å². The SMILES string of the molecule is CNC1CCCCc2cn(CCC(F)(F)F)cc21. The van der Waals surface area contributed by atoms with Gasteiger partial charge in [-0.25, -0.2) is 0 Å². The van der Waals surface area contributed by atoms with Gasteiger partial charge in [0.1, 0.15) is 0 Å². The van der Waals surface area contributed by atoms with E-state index in [0.29, 0.717) is 0 Å². The molecule has 0 aromatic carbocycles. The van der Waals surface area contributed by atoms with E-state index in [1.807, 2.05) is 19.4 Å². The van der Waals surface area contributed by atoms with Gasteiger partial charge in [0.05, 0.1) is 6.42 Å². The summed E-state index contributed by atoms with van der Waals surface area (Å²) in [5, 5.41) is 3.25. The van der Waals surface area contributed by atoms with Crippen LogP contribution in [0.2, 0.25) is 0 Å². The van der Waals surface area contributed by atoms with E-state index >= 15 is 0 Å². The summed E-state index contributed by atoms with van der Waals surface area (Å²) in [6.45, 7) is 0.0208. The van der Waals surface area contributed by atoms with Crippen molar-refractivity contribution in [2.24, 2.45) is 0 Å².